The van der Waals surface area contributed by atoms with Crippen LogP contribution in [0.4, 0.5) is 9.59 Å². The number of aromatic amines is 2. The van der Waals surface area contributed by atoms with E-state index in [0.717, 1.165) is 70.3 Å². The van der Waals surface area contributed by atoms with Gasteiger partial charge in [0.1, 0.15) is 22.9 Å². The van der Waals surface area contributed by atoms with Crippen molar-refractivity contribution in [2.24, 2.45) is 5.92 Å². The summed E-state index contributed by atoms with van der Waals surface area (Å²) in [5, 5.41) is 0. The highest BCUT2D eigenvalue weighted by molar-refractivity contribution is 6.78. The summed E-state index contributed by atoms with van der Waals surface area (Å²) in [6.45, 7) is 16.0. The van der Waals surface area contributed by atoms with E-state index in [1.165, 1.54) is 0 Å². The van der Waals surface area contributed by atoms with Gasteiger partial charge in [0.15, 0.2) is 0 Å². The van der Waals surface area contributed by atoms with Gasteiger partial charge in [-0.25, -0.2) is 19.6 Å². The second kappa shape index (κ2) is 11.9. The molecule has 2 saturated heterocycles. The Kier molecular flexibility index (Phi) is 8.04. The van der Waals surface area contributed by atoms with Gasteiger partial charge in [0.2, 0.25) is 0 Å². The Hall–Kier alpha value is -4.38. The van der Waals surface area contributed by atoms with Crippen molar-refractivity contribution in [1.29, 1.82) is 0 Å². The van der Waals surface area contributed by atoms with Crippen molar-refractivity contribution in [3.8, 4) is 33.8 Å². The third-order valence-electron chi connectivity index (χ3n) is 9.61. The largest absolute Gasteiger partial charge is 0.444 e. The van der Waals surface area contributed by atoms with Gasteiger partial charge < -0.3 is 24.3 Å². The minimum atomic E-state index is -1.61. The topological polar surface area (TPSA) is 116 Å². The van der Waals surface area contributed by atoms with Gasteiger partial charge in [-0.15, -0.1) is 0 Å². The maximum absolute atomic E-state index is 13.1. The lowest BCUT2D eigenvalue weighted by Gasteiger charge is -2.30. The lowest BCUT2D eigenvalue weighted by molar-refractivity contribution is 0.0176. The van der Waals surface area contributed by atoms with Crippen molar-refractivity contribution in [1.82, 2.24) is 29.7 Å². The summed E-state index contributed by atoms with van der Waals surface area (Å²) < 4.78 is 11.5. The van der Waals surface area contributed by atoms with Gasteiger partial charge in [0.05, 0.1) is 43.9 Å². The number of carbonyl (C=O) groups excluding carboxylic acids is 2. The molecule has 0 radical (unpaired) electrons. The summed E-state index contributed by atoms with van der Waals surface area (Å²) in [5.74, 6) is 2.14. The molecule has 2 aromatic carbocycles. The van der Waals surface area contributed by atoms with Crippen LogP contribution in [0.15, 0.2) is 60.9 Å². The third kappa shape index (κ3) is 7.04. The summed E-state index contributed by atoms with van der Waals surface area (Å²) in [6, 6.07) is 17.9. The number of hydrogen-bond donors (Lipinski definition) is 2. The molecule has 7 rings (SSSR count). The third-order valence-corrected chi connectivity index (χ3v) is 12.3. The number of carbonyl (C=O) groups is 2. The molecule has 3 fully saturated rings. The van der Waals surface area contributed by atoms with E-state index >= 15 is 0 Å². The van der Waals surface area contributed by atoms with Crippen LogP contribution in [0.25, 0.3) is 33.8 Å². The average molecular weight is 681 g/mol. The van der Waals surface area contributed by atoms with Crippen molar-refractivity contribution < 1.29 is 19.1 Å². The molecule has 4 atom stereocenters. The molecule has 1 saturated carbocycles. The molecule has 2 aromatic heterocycles. The summed E-state index contributed by atoms with van der Waals surface area (Å²) in [4.78, 5) is 46.3. The molecule has 258 valence electrons. The highest BCUT2D eigenvalue weighted by Gasteiger charge is 2.56. The quantitative estimate of drug-likeness (QED) is 0.204. The minimum Gasteiger partial charge on any atom is -0.444 e. The van der Waals surface area contributed by atoms with E-state index in [0.29, 0.717) is 5.92 Å². The highest BCUT2D eigenvalue weighted by Crippen LogP contribution is 2.53. The maximum atomic E-state index is 13.1. The first kappa shape index (κ1) is 33.1. The van der Waals surface area contributed by atoms with E-state index in [2.05, 4.69) is 76.6 Å². The molecule has 10 nitrogen and oxygen atoms in total. The van der Waals surface area contributed by atoms with E-state index in [1.54, 1.807) is 0 Å². The molecule has 0 bridgehead atoms. The van der Waals surface area contributed by atoms with Gasteiger partial charge >= 0.3 is 12.2 Å². The first-order valence-electron chi connectivity index (χ1n) is 17.4. The average Bonchev–Trinajstić information content (AvgIpc) is 3.48. The molecule has 2 aliphatic heterocycles. The number of aromatic nitrogens is 4. The number of amides is 2. The predicted molar refractivity (Wildman–Crippen MR) is 192 cm³/mol. The zero-order chi connectivity index (χ0) is 34.9. The van der Waals surface area contributed by atoms with Gasteiger partial charge in [-0.05, 0) is 83.0 Å². The first-order chi connectivity index (χ1) is 23.0. The second-order valence-corrected chi connectivity index (χ2v) is 21.8. The van der Waals surface area contributed by atoms with Gasteiger partial charge in [-0.2, -0.15) is 0 Å². The van der Waals surface area contributed by atoms with Crippen LogP contribution in [0.1, 0.15) is 78.0 Å². The molecule has 49 heavy (non-hydrogen) atoms. The fourth-order valence-corrected chi connectivity index (χ4v) is 10.2. The molecular weight excluding hydrogens is 633 g/mol. The lowest BCUT2D eigenvalue weighted by atomic mass is 10.0. The molecular formula is C38H48N6O4Si. The van der Waals surface area contributed by atoms with Crippen molar-refractivity contribution in [3.63, 3.8) is 0 Å². The Bertz CT molecular complexity index is 1850. The molecule has 4 heterocycles. The number of nitrogens with one attached hydrogen (secondary N) is 2. The van der Waals surface area contributed by atoms with Crippen molar-refractivity contribution in [2.75, 3.05) is 6.17 Å². The van der Waals surface area contributed by atoms with Gasteiger partial charge in [0.25, 0.3) is 0 Å². The number of hydrogen-bond acceptors (Lipinski definition) is 6. The monoisotopic (exact) mass is 680 g/mol. The van der Waals surface area contributed by atoms with Crippen molar-refractivity contribution >= 4 is 20.3 Å². The van der Waals surface area contributed by atoms with Crippen molar-refractivity contribution in [2.45, 2.75) is 103 Å². The van der Waals surface area contributed by atoms with Crippen LogP contribution in [0.5, 0.6) is 0 Å². The SMILES string of the molecule is CC(C)(C)OC(=O)N1C[Si](C)(C)C[C@H]1c1ncc(-c2ccc(-c3ccc(-c4ncc([C@@H]5C[C@H]6C[C@H]6N5C(=O)OC(C)(C)C)[nH]4)cc3)cc2)[nH]1. The summed E-state index contributed by atoms with van der Waals surface area (Å²) in [6.07, 6.45) is 5.95. The Balaban J connectivity index is 1.02. The number of H-pyrrole nitrogens is 2. The Labute approximate surface area is 289 Å². The molecule has 11 heteroatoms. The Morgan fingerprint density at radius 3 is 1.98 bits per heavy atom. The van der Waals surface area contributed by atoms with Crippen LogP contribution in [0.2, 0.25) is 19.1 Å². The number of imidazole rings is 2. The summed E-state index contributed by atoms with van der Waals surface area (Å²) >= 11 is 0. The molecule has 4 aromatic rings. The Morgan fingerprint density at radius 1 is 0.755 bits per heavy atom. The fraction of sp³-hybridized carbons (Fsp3) is 0.474. The lowest BCUT2D eigenvalue weighted by Crippen LogP contribution is -2.39. The molecule has 0 spiro atoms. The van der Waals surface area contributed by atoms with E-state index in [4.69, 9.17) is 14.5 Å². The molecule has 0 unspecified atom stereocenters. The number of rotatable bonds is 5. The van der Waals surface area contributed by atoms with Crippen LogP contribution >= 0.6 is 0 Å². The van der Waals surface area contributed by atoms with Crippen LogP contribution in [-0.4, -0.2) is 73.4 Å². The van der Waals surface area contributed by atoms with E-state index in [1.807, 2.05) is 63.7 Å². The van der Waals surface area contributed by atoms with Gasteiger partial charge in [-0.3, -0.25) is 4.90 Å². The van der Waals surface area contributed by atoms with E-state index in [9.17, 15) is 9.59 Å². The zero-order valence-corrected chi connectivity index (χ0v) is 30.8. The fourth-order valence-electron chi connectivity index (χ4n) is 7.30. The number of ether oxygens (including phenoxy) is 2. The smallest absolute Gasteiger partial charge is 0.411 e. The summed E-state index contributed by atoms with van der Waals surface area (Å²) in [7, 11) is -1.61. The standard InChI is InChI=1S/C38H48N6O4Si/c1-37(2,3)47-35(45)43-22-49(7,8)21-32(43)34-40-19-28(41-34)25-13-9-23(10-14-25)24-11-15-26(16-12-24)33-39-20-29(42-33)31-18-27-17-30(27)44(31)36(46)48-38(4,5)6/h9-16,19-20,27,30-32H,17-18,21-22H2,1-8H3,(H,39,42)(H,40,41)/t27-,30-,31+,32+/m1/s1. The second-order valence-electron chi connectivity index (χ2n) is 16.7. The van der Waals surface area contributed by atoms with Crippen molar-refractivity contribution in [3.05, 3.63) is 72.4 Å². The number of nitrogens with zero attached hydrogens (tertiary/aromatic N) is 4. The summed E-state index contributed by atoms with van der Waals surface area (Å²) in [5.41, 5.74) is 5.03. The molecule has 1 aliphatic carbocycles. The predicted octanol–water partition coefficient (Wildman–Crippen LogP) is 8.74. The number of likely N-dealkylation sites (tertiary alicyclic amines) is 1. The number of piperidine rings is 1. The van der Waals surface area contributed by atoms with E-state index in [-0.39, 0.29) is 30.3 Å². The number of benzene rings is 2. The van der Waals surface area contributed by atoms with Crippen LogP contribution in [0, 0.1) is 5.92 Å². The van der Waals surface area contributed by atoms with Crippen LogP contribution < -0.4 is 0 Å². The molecule has 3 aliphatic rings. The zero-order valence-electron chi connectivity index (χ0n) is 29.8. The normalized spacial score (nSPS) is 23.0. The van der Waals surface area contributed by atoms with Gasteiger partial charge in [0, 0.05) is 17.8 Å². The van der Waals surface area contributed by atoms with Crippen LogP contribution in [0.3, 0.4) is 0 Å². The molecule has 2 amide bonds. The highest BCUT2D eigenvalue weighted by atomic mass is 28.3. The molecule has 2 N–H and O–H groups in total. The van der Waals surface area contributed by atoms with Gasteiger partial charge in [-0.1, -0.05) is 61.6 Å². The first-order valence-corrected chi connectivity index (χ1v) is 20.8. The van der Waals surface area contributed by atoms with E-state index < -0.39 is 19.3 Å². The maximum Gasteiger partial charge on any atom is 0.411 e. The van der Waals surface area contributed by atoms with Crippen LogP contribution in [-0.2, 0) is 9.47 Å². The Morgan fingerprint density at radius 2 is 1.35 bits per heavy atom. The minimum absolute atomic E-state index is 0.0423. The number of fused-ring (bicyclic) bond motifs is 1.